The maximum atomic E-state index is 11.7. The number of rotatable bonds is 6. The Morgan fingerprint density at radius 3 is 2.82 bits per heavy atom. The van der Waals surface area contributed by atoms with Gasteiger partial charge in [-0.05, 0) is 24.4 Å². The first kappa shape index (κ1) is 15.6. The van der Waals surface area contributed by atoms with Gasteiger partial charge in [0.15, 0.2) is 12.4 Å². The molecule has 0 unspecified atom stereocenters. The number of para-hydroxylation sites is 2. The number of hydrogen-bond donors (Lipinski definition) is 1. The van der Waals surface area contributed by atoms with Crippen LogP contribution in [-0.4, -0.2) is 23.1 Å². The van der Waals surface area contributed by atoms with Crippen molar-refractivity contribution >= 4 is 28.6 Å². The molecule has 0 spiro atoms. The van der Waals surface area contributed by atoms with Crippen LogP contribution in [0.1, 0.15) is 11.8 Å². The summed E-state index contributed by atoms with van der Waals surface area (Å²) in [7, 11) is 0. The molecule has 0 aliphatic rings. The van der Waals surface area contributed by atoms with Gasteiger partial charge >= 0.3 is 5.69 Å². The highest BCUT2D eigenvalue weighted by atomic mass is 32.1. The standard InChI is InChI=1S/C14H13N3O4S/c1-10(13-7-4-8-22-13)15-16-14(18)9-21-12-6-3-2-5-11(12)17(19)20/h2-8H,9H2,1H3,(H,16,18)/b15-10-. The van der Waals surface area contributed by atoms with E-state index >= 15 is 0 Å². The SMILES string of the molecule is C/C(=N/NC(=O)COc1ccccc1[N+](=O)[O-])c1cccs1. The van der Waals surface area contributed by atoms with Crippen molar-refractivity contribution in [3.05, 3.63) is 56.8 Å². The molecular formula is C14H13N3O4S. The Kier molecular flexibility index (Phi) is 5.21. The number of ether oxygens (including phenoxy) is 1. The number of carbonyl (C=O) groups excluding carboxylic acids is 1. The van der Waals surface area contributed by atoms with Crippen LogP contribution in [0.3, 0.4) is 0 Å². The molecule has 22 heavy (non-hydrogen) atoms. The first-order valence-electron chi connectivity index (χ1n) is 6.31. The molecule has 1 heterocycles. The summed E-state index contributed by atoms with van der Waals surface area (Å²) in [6.45, 7) is 1.42. The average molecular weight is 319 g/mol. The molecule has 0 saturated carbocycles. The van der Waals surface area contributed by atoms with Crippen LogP contribution in [0.4, 0.5) is 5.69 Å². The molecule has 0 bridgehead atoms. The van der Waals surface area contributed by atoms with Crippen LogP contribution in [0.5, 0.6) is 5.75 Å². The van der Waals surface area contributed by atoms with Crippen LogP contribution in [0.2, 0.25) is 0 Å². The molecule has 0 fully saturated rings. The topological polar surface area (TPSA) is 93.8 Å². The monoisotopic (exact) mass is 319 g/mol. The van der Waals surface area contributed by atoms with E-state index in [0.29, 0.717) is 5.71 Å². The summed E-state index contributed by atoms with van der Waals surface area (Å²) in [4.78, 5) is 22.9. The Morgan fingerprint density at radius 1 is 1.36 bits per heavy atom. The van der Waals surface area contributed by atoms with Gasteiger partial charge in [-0.2, -0.15) is 5.10 Å². The van der Waals surface area contributed by atoms with Gasteiger partial charge < -0.3 is 4.74 Å². The number of hydrogen-bond acceptors (Lipinski definition) is 6. The van der Waals surface area contributed by atoms with Crippen molar-refractivity contribution < 1.29 is 14.5 Å². The molecule has 1 N–H and O–H groups in total. The van der Waals surface area contributed by atoms with Crippen molar-refractivity contribution in [3.8, 4) is 5.75 Å². The van der Waals surface area contributed by atoms with E-state index in [2.05, 4.69) is 10.5 Å². The second-order valence-electron chi connectivity index (χ2n) is 4.22. The minimum Gasteiger partial charge on any atom is -0.477 e. The van der Waals surface area contributed by atoms with Gasteiger partial charge in [-0.15, -0.1) is 11.3 Å². The summed E-state index contributed by atoms with van der Waals surface area (Å²) in [6, 6.07) is 9.65. The zero-order valence-electron chi connectivity index (χ0n) is 11.7. The third-order valence-electron chi connectivity index (χ3n) is 2.65. The van der Waals surface area contributed by atoms with Crippen molar-refractivity contribution in [2.45, 2.75) is 6.92 Å². The molecule has 1 aromatic heterocycles. The highest BCUT2D eigenvalue weighted by Crippen LogP contribution is 2.25. The number of nitrogens with one attached hydrogen (secondary N) is 1. The second kappa shape index (κ2) is 7.32. The summed E-state index contributed by atoms with van der Waals surface area (Å²) in [5.41, 5.74) is 2.84. The molecule has 2 rings (SSSR count). The molecule has 1 aromatic carbocycles. The smallest absolute Gasteiger partial charge is 0.310 e. The Bertz CT molecular complexity index is 698. The number of nitro groups is 1. The van der Waals surface area contributed by atoms with E-state index in [1.165, 1.54) is 29.5 Å². The molecule has 114 valence electrons. The Hall–Kier alpha value is -2.74. The largest absolute Gasteiger partial charge is 0.477 e. The minimum atomic E-state index is -0.563. The predicted molar refractivity (Wildman–Crippen MR) is 83.3 cm³/mol. The number of benzene rings is 1. The Labute approximate surface area is 130 Å². The lowest BCUT2D eigenvalue weighted by molar-refractivity contribution is -0.385. The van der Waals surface area contributed by atoms with E-state index in [9.17, 15) is 14.9 Å². The first-order valence-corrected chi connectivity index (χ1v) is 7.19. The van der Waals surface area contributed by atoms with Gasteiger partial charge in [0, 0.05) is 10.9 Å². The van der Waals surface area contributed by atoms with Crippen molar-refractivity contribution in [1.29, 1.82) is 0 Å². The van der Waals surface area contributed by atoms with Crippen LogP contribution in [0.25, 0.3) is 0 Å². The maximum Gasteiger partial charge on any atom is 0.310 e. The van der Waals surface area contributed by atoms with Gasteiger partial charge in [0.1, 0.15) is 0 Å². The quantitative estimate of drug-likeness (QED) is 0.503. The number of nitrogens with zero attached hydrogens (tertiary/aromatic N) is 2. The highest BCUT2D eigenvalue weighted by Gasteiger charge is 2.14. The van der Waals surface area contributed by atoms with Crippen LogP contribution in [-0.2, 0) is 4.79 Å². The molecule has 0 saturated heterocycles. The molecule has 0 aliphatic heterocycles. The summed E-state index contributed by atoms with van der Waals surface area (Å²) in [5.74, 6) is -0.448. The Balaban J connectivity index is 1.91. The summed E-state index contributed by atoms with van der Waals surface area (Å²) in [6.07, 6.45) is 0. The predicted octanol–water partition coefficient (Wildman–Crippen LogP) is 2.58. The van der Waals surface area contributed by atoms with Gasteiger partial charge in [0.05, 0.1) is 10.6 Å². The van der Waals surface area contributed by atoms with E-state index in [-0.39, 0.29) is 18.0 Å². The minimum absolute atomic E-state index is 0.0432. The summed E-state index contributed by atoms with van der Waals surface area (Å²) < 4.78 is 5.16. The Morgan fingerprint density at radius 2 is 2.14 bits per heavy atom. The first-order chi connectivity index (χ1) is 10.6. The lowest BCUT2D eigenvalue weighted by Crippen LogP contribution is -2.25. The van der Waals surface area contributed by atoms with Crippen LogP contribution in [0, 0.1) is 10.1 Å². The van der Waals surface area contributed by atoms with Gasteiger partial charge in [0.2, 0.25) is 0 Å². The summed E-state index contributed by atoms with van der Waals surface area (Å²) in [5, 5.41) is 16.7. The lowest BCUT2D eigenvalue weighted by atomic mass is 10.3. The van der Waals surface area contributed by atoms with Gasteiger partial charge in [-0.1, -0.05) is 18.2 Å². The number of nitro benzene ring substituents is 1. The lowest BCUT2D eigenvalue weighted by Gasteiger charge is -2.05. The fourth-order valence-corrected chi connectivity index (χ4v) is 2.27. The van der Waals surface area contributed by atoms with E-state index < -0.39 is 10.8 Å². The van der Waals surface area contributed by atoms with Crippen molar-refractivity contribution in [1.82, 2.24) is 5.43 Å². The molecular weight excluding hydrogens is 306 g/mol. The molecule has 0 aliphatic carbocycles. The van der Waals surface area contributed by atoms with Gasteiger partial charge in [-0.3, -0.25) is 14.9 Å². The number of amides is 1. The van der Waals surface area contributed by atoms with Crippen molar-refractivity contribution in [2.75, 3.05) is 6.61 Å². The molecule has 2 aromatic rings. The van der Waals surface area contributed by atoms with Crippen LogP contribution < -0.4 is 10.2 Å². The molecule has 0 radical (unpaired) electrons. The zero-order chi connectivity index (χ0) is 15.9. The van der Waals surface area contributed by atoms with E-state index in [4.69, 9.17) is 4.74 Å². The van der Waals surface area contributed by atoms with Crippen molar-refractivity contribution in [2.24, 2.45) is 5.10 Å². The number of hydrazone groups is 1. The summed E-state index contributed by atoms with van der Waals surface area (Å²) >= 11 is 1.51. The van der Waals surface area contributed by atoms with E-state index in [0.717, 1.165) is 4.88 Å². The fourth-order valence-electron chi connectivity index (χ4n) is 1.59. The van der Waals surface area contributed by atoms with E-state index in [1.807, 2.05) is 17.5 Å². The second-order valence-corrected chi connectivity index (χ2v) is 5.17. The highest BCUT2D eigenvalue weighted by molar-refractivity contribution is 7.12. The van der Waals surface area contributed by atoms with E-state index in [1.54, 1.807) is 13.0 Å². The van der Waals surface area contributed by atoms with Crippen molar-refractivity contribution in [3.63, 3.8) is 0 Å². The fraction of sp³-hybridized carbons (Fsp3) is 0.143. The normalized spacial score (nSPS) is 11.0. The van der Waals surface area contributed by atoms with Gasteiger partial charge in [-0.25, -0.2) is 5.43 Å². The number of thiophene rings is 1. The third-order valence-corrected chi connectivity index (χ3v) is 3.63. The molecule has 1 amide bonds. The zero-order valence-corrected chi connectivity index (χ0v) is 12.5. The van der Waals surface area contributed by atoms with Crippen LogP contribution in [0.15, 0.2) is 46.9 Å². The molecule has 0 atom stereocenters. The maximum absolute atomic E-state index is 11.7. The molecule has 8 heteroatoms. The number of carbonyl (C=O) groups is 1. The van der Waals surface area contributed by atoms with Gasteiger partial charge in [0.25, 0.3) is 5.91 Å². The van der Waals surface area contributed by atoms with Crippen LogP contribution >= 0.6 is 11.3 Å². The molecule has 7 nitrogen and oxygen atoms in total. The average Bonchev–Trinajstić information content (AvgIpc) is 3.05. The third kappa shape index (κ3) is 4.13.